The first-order valence-corrected chi connectivity index (χ1v) is 7.55. The molecule has 1 amide bonds. The average molecular weight is 258 g/mol. The van der Waals surface area contributed by atoms with Crippen LogP contribution in [0.4, 0.5) is 0 Å². The van der Waals surface area contributed by atoms with Crippen LogP contribution >= 0.6 is 11.8 Å². The summed E-state index contributed by atoms with van der Waals surface area (Å²) in [6, 6.07) is -0.0660. The van der Waals surface area contributed by atoms with Crippen molar-refractivity contribution in [3.05, 3.63) is 0 Å². The summed E-state index contributed by atoms with van der Waals surface area (Å²) < 4.78 is 0. The van der Waals surface area contributed by atoms with Crippen LogP contribution in [0.25, 0.3) is 0 Å². The number of hydrogen-bond donors (Lipinski definition) is 2. The Morgan fingerprint density at radius 3 is 2.82 bits per heavy atom. The zero-order valence-electron chi connectivity index (χ0n) is 10.4. The third-order valence-corrected chi connectivity index (χ3v) is 4.72. The predicted molar refractivity (Wildman–Crippen MR) is 70.2 cm³/mol. The van der Waals surface area contributed by atoms with Crippen molar-refractivity contribution in [2.75, 3.05) is 31.6 Å². The molecule has 0 radical (unpaired) electrons. The van der Waals surface area contributed by atoms with Crippen molar-refractivity contribution in [1.82, 2.24) is 10.2 Å². The van der Waals surface area contributed by atoms with E-state index in [0.717, 1.165) is 43.7 Å². The maximum atomic E-state index is 12.2. The van der Waals surface area contributed by atoms with Crippen LogP contribution in [0.1, 0.15) is 25.7 Å². The van der Waals surface area contributed by atoms with Gasteiger partial charge in [-0.05, 0) is 12.8 Å². The molecule has 2 fully saturated rings. The van der Waals surface area contributed by atoms with Crippen molar-refractivity contribution in [1.29, 1.82) is 0 Å². The van der Waals surface area contributed by atoms with Crippen molar-refractivity contribution in [2.45, 2.75) is 37.3 Å². The molecular weight excluding hydrogens is 236 g/mol. The largest absolute Gasteiger partial charge is 0.388 e. The third-order valence-electron chi connectivity index (χ3n) is 3.66. The minimum Gasteiger partial charge on any atom is -0.388 e. The minimum atomic E-state index is -0.633. The topological polar surface area (TPSA) is 52.6 Å². The number of likely N-dealkylation sites (N-methyl/N-ethyl adjacent to an activating group) is 1. The SMILES string of the molecule is CN(CC1(O)CCCC1)C(=O)C1CSCCN1. The van der Waals surface area contributed by atoms with Crippen LogP contribution in [0.15, 0.2) is 0 Å². The van der Waals surface area contributed by atoms with E-state index >= 15 is 0 Å². The van der Waals surface area contributed by atoms with Gasteiger partial charge in [-0.15, -0.1) is 0 Å². The van der Waals surface area contributed by atoms with Gasteiger partial charge >= 0.3 is 0 Å². The van der Waals surface area contributed by atoms with E-state index in [-0.39, 0.29) is 11.9 Å². The van der Waals surface area contributed by atoms with Crippen LogP contribution in [0.5, 0.6) is 0 Å². The van der Waals surface area contributed by atoms with E-state index in [1.807, 2.05) is 11.8 Å². The van der Waals surface area contributed by atoms with Crippen molar-refractivity contribution in [3.8, 4) is 0 Å². The average Bonchev–Trinajstić information content (AvgIpc) is 2.76. The molecule has 0 aromatic heterocycles. The van der Waals surface area contributed by atoms with Gasteiger partial charge < -0.3 is 15.3 Å². The molecule has 1 unspecified atom stereocenters. The van der Waals surface area contributed by atoms with Gasteiger partial charge in [-0.1, -0.05) is 12.8 Å². The second-order valence-electron chi connectivity index (χ2n) is 5.21. The number of carbonyl (C=O) groups excluding carboxylic acids is 1. The molecule has 1 aliphatic carbocycles. The molecule has 98 valence electrons. The Bertz CT molecular complexity index is 274. The van der Waals surface area contributed by atoms with Gasteiger partial charge in [0.25, 0.3) is 0 Å². The molecular formula is C12H22N2O2S. The summed E-state index contributed by atoms with van der Waals surface area (Å²) in [6.07, 6.45) is 3.82. The van der Waals surface area contributed by atoms with Gasteiger partial charge in [-0.2, -0.15) is 11.8 Å². The van der Waals surface area contributed by atoms with E-state index in [4.69, 9.17) is 0 Å². The van der Waals surface area contributed by atoms with Gasteiger partial charge in [0, 0.05) is 31.6 Å². The Labute approximate surface area is 107 Å². The molecule has 2 rings (SSSR count). The van der Waals surface area contributed by atoms with Crippen LogP contribution < -0.4 is 5.32 Å². The maximum absolute atomic E-state index is 12.2. The normalized spacial score (nSPS) is 28.0. The molecule has 17 heavy (non-hydrogen) atoms. The first kappa shape index (κ1) is 13.2. The molecule has 1 aliphatic heterocycles. The molecule has 1 heterocycles. The standard InChI is InChI=1S/C12H22N2O2S/c1-14(9-12(16)4-2-3-5-12)11(15)10-8-17-7-6-13-10/h10,13,16H,2-9H2,1H3. The number of aliphatic hydroxyl groups is 1. The first-order chi connectivity index (χ1) is 8.11. The van der Waals surface area contributed by atoms with Crippen LogP contribution in [0.2, 0.25) is 0 Å². The van der Waals surface area contributed by atoms with Crippen LogP contribution in [0.3, 0.4) is 0 Å². The maximum Gasteiger partial charge on any atom is 0.240 e. The van der Waals surface area contributed by atoms with Crippen molar-refractivity contribution < 1.29 is 9.90 Å². The molecule has 5 heteroatoms. The van der Waals surface area contributed by atoms with Crippen LogP contribution in [0, 0.1) is 0 Å². The van der Waals surface area contributed by atoms with E-state index < -0.39 is 5.60 Å². The number of nitrogens with one attached hydrogen (secondary N) is 1. The molecule has 2 aliphatic rings. The molecule has 0 bridgehead atoms. The van der Waals surface area contributed by atoms with Crippen molar-refractivity contribution in [2.24, 2.45) is 0 Å². The molecule has 0 aromatic rings. The van der Waals surface area contributed by atoms with E-state index in [2.05, 4.69) is 5.32 Å². The van der Waals surface area contributed by atoms with E-state index in [1.54, 1.807) is 11.9 Å². The Morgan fingerprint density at radius 1 is 1.53 bits per heavy atom. The van der Waals surface area contributed by atoms with Crippen LogP contribution in [-0.4, -0.2) is 59.2 Å². The molecule has 2 N–H and O–H groups in total. The third kappa shape index (κ3) is 3.36. The Kier molecular flexibility index (Phi) is 4.33. The predicted octanol–water partition coefficient (Wildman–Crippen LogP) is 0.455. The fraction of sp³-hybridized carbons (Fsp3) is 0.917. The second-order valence-corrected chi connectivity index (χ2v) is 6.36. The number of rotatable bonds is 3. The van der Waals surface area contributed by atoms with Gasteiger partial charge in [0.05, 0.1) is 11.6 Å². The molecule has 1 atom stereocenters. The van der Waals surface area contributed by atoms with Gasteiger partial charge in [0.15, 0.2) is 0 Å². The van der Waals surface area contributed by atoms with Gasteiger partial charge in [-0.25, -0.2) is 0 Å². The van der Waals surface area contributed by atoms with E-state index in [9.17, 15) is 9.90 Å². The minimum absolute atomic E-state index is 0.0660. The lowest BCUT2D eigenvalue weighted by molar-refractivity contribution is -0.134. The number of hydrogen-bond acceptors (Lipinski definition) is 4. The summed E-state index contributed by atoms with van der Waals surface area (Å²) in [7, 11) is 1.81. The second kappa shape index (κ2) is 5.59. The summed E-state index contributed by atoms with van der Waals surface area (Å²) in [5.74, 6) is 2.05. The fourth-order valence-electron chi connectivity index (χ4n) is 2.70. The summed E-state index contributed by atoms with van der Waals surface area (Å²) >= 11 is 1.82. The lowest BCUT2D eigenvalue weighted by Crippen LogP contribution is -2.52. The Hall–Kier alpha value is -0.260. The Balaban J connectivity index is 1.85. The lowest BCUT2D eigenvalue weighted by Gasteiger charge is -2.32. The number of carbonyl (C=O) groups is 1. The van der Waals surface area contributed by atoms with Gasteiger partial charge in [0.2, 0.25) is 5.91 Å². The molecule has 1 saturated heterocycles. The zero-order chi connectivity index (χ0) is 12.3. The highest BCUT2D eigenvalue weighted by Gasteiger charge is 2.35. The summed E-state index contributed by atoms with van der Waals surface area (Å²) in [6.45, 7) is 1.38. The van der Waals surface area contributed by atoms with Gasteiger partial charge in [-0.3, -0.25) is 4.79 Å². The highest BCUT2D eigenvalue weighted by Crippen LogP contribution is 2.30. The Morgan fingerprint density at radius 2 is 2.24 bits per heavy atom. The highest BCUT2D eigenvalue weighted by atomic mass is 32.2. The fourth-order valence-corrected chi connectivity index (χ4v) is 3.63. The molecule has 4 nitrogen and oxygen atoms in total. The van der Waals surface area contributed by atoms with E-state index in [0.29, 0.717) is 6.54 Å². The quantitative estimate of drug-likeness (QED) is 0.772. The smallest absolute Gasteiger partial charge is 0.240 e. The van der Waals surface area contributed by atoms with E-state index in [1.165, 1.54) is 0 Å². The lowest BCUT2D eigenvalue weighted by atomic mass is 10.0. The highest BCUT2D eigenvalue weighted by molar-refractivity contribution is 7.99. The molecule has 1 saturated carbocycles. The van der Waals surface area contributed by atoms with Crippen LogP contribution in [-0.2, 0) is 4.79 Å². The number of thioether (sulfide) groups is 1. The first-order valence-electron chi connectivity index (χ1n) is 6.39. The van der Waals surface area contributed by atoms with Gasteiger partial charge in [0.1, 0.15) is 0 Å². The molecule has 0 spiro atoms. The number of nitrogens with zero attached hydrogens (tertiary/aromatic N) is 1. The monoisotopic (exact) mass is 258 g/mol. The van der Waals surface area contributed by atoms with Crippen molar-refractivity contribution >= 4 is 17.7 Å². The summed E-state index contributed by atoms with van der Waals surface area (Å²) in [5.41, 5.74) is -0.633. The molecule has 0 aromatic carbocycles. The number of amides is 1. The zero-order valence-corrected chi connectivity index (χ0v) is 11.3. The van der Waals surface area contributed by atoms with Crippen molar-refractivity contribution in [3.63, 3.8) is 0 Å². The summed E-state index contributed by atoms with van der Waals surface area (Å²) in [4.78, 5) is 13.9. The summed E-state index contributed by atoms with van der Waals surface area (Å²) in [5, 5.41) is 13.5.